The molecule has 0 fully saturated rings. The zero-order chi connectivity index (χ0) is 20.1. The molecular weight excluding hydrogens is 364 g/mol. The molecular formula is C24H18N2O3. The number of benzene rings is 3. The summed E-state index contributed by atoms with van der Waals surface area (Å²) in [6, 6.07) is 24.8. The first-order valence-electron chi connectivity index (χ1n) is 9.21. The largest absolute Gasteiger partial charge is 0.486 e. The lowest BCUT2D eigenvalue weighted by Crippen LogP contribution is -2.17. The fourth-order valence-corrected chi connectivity index (χ4v) is 3.04. The smallest absolute Gasteiger partial charge is 0.266 e. The van der Waals surface area contributed by atoms with Gasteiger partial charge in [0.05, 0.1) is 0 Å². The van der Waals surface area contributed by atoms with Gasteiger partial charge in [0, 0.05) is 11.8 Å². The molecule has 5 heteroatoms. The van der Waals surface area contributed by atoms with E-state index in [4.69, 9.17) is 9.47 Å². The zero-order valence-electron chi connectivity index (χ0n) is 15.6. The second kappa shape index (κ2) is 8.32. The van der Waals surface area contributed by atoms with Crippen molar-refractivity contribution in [3.8, 4) is 28.7 Å². The summed E-state index contributed by atoms with van der Waals surface area (Å²) in [6.07, 6.45) is 1.57. The van der Waals surface area contributed by atoms with Crippen molar-refractivity contribution >= 4 is 17.7 Å². The van der Waals surface area contributed by atoms with Gasteiger partial charge in [-0.15, -0.1) is 0 Å². The van der Waals surface area contributed by atoms with Gasteiger partial charge >= 0.3 is 0 Å². The van der Waals surface area contributed by atoms with Crippen molar-refractivity contribution in [2.45, 2.75) is 0 Å². The predicted octanol–water partition coefficient (Wildman–Crippen LogP) is 4.67. The van der Waals surface area contributed by atoms with Crippen LogP contribution < -0.4 is 14.8 Å². The van der Waals surface area contributed by atoms with Gasteiger partial charge in [-0.3, -0.25) is 4.79 Å². The molecule has 0 atom stereocenters. The molecule has 0 bridgehead atoms. The summed E-state index contributed by atoms with van der Waals surface area (Å²) in [6.45, 7) is 0.968. The molecule has 1 aliphatic rings. The average molecular weight is 382 g/mol. The van der Waals surface area contributed by atoms with Gasteiger partial charge in [0.2, 0.25) is 0 Å². The third kappa shape index (κ3) is 4.28. The van der Waals surface area contributed by atoms with E-state index >= 15 is 0 Å². The number of hydrogen-bond donors (Lipinski definition) is 1. The van der Waals surface area contributed by atoms with Crippen LogP contribution in [0.15, 0.2) is 78.4 Å². The molecule has 0 saturated heterocycles. The molecule has 5 nitrogen and oxygen atoms in total. The highest BCUT2D eigenvalue weighted by molar-refractivity contribution is 6.09. The van der Waals surface area contributed by atoms with E-state index in [1.165, 1.54) is 0 Å². The van der Waals surface area contributed by atoms with Gasteiger partial charge in [0.25, 0.3) is 5.91 Å². The minimum absolute atomic E-state index is 0.0207. The van der Waals surface area contributed by atoms with Crippen LogP contribution in [0.4, 0.5) is 5.69 Å². The summed E-state index contributed by atoms with van der Waals surface area (Å²) in [4.78, 5) is 12.5. The summed E-state index contributed by atoms with van der Waals surface area (Å²) in [5.41, 5.74) is 3.52. The van der Waals surface area contributed by atoms with E-state index in [0.717, 1.165) is 16.7 Å². The van der Waals surface area contributed by atoms with Gasteiger partial charge in [0.1, 0.15) is 24.9 Å². The van der Waals surface area contributed by atoms with Crippen molar-refractivity contribution in [3.63, 3.8) is 0 Å². The Labute approximate surface area is 168 Å². The lowest BCUT2D eigenvalue weighted by atomic mass is 10.0. The molecule has 29 heavy (non-hydrogen) atoms. The molecule has 0 aliphatic carbocycles. The number of nitrogens with zero attached hydrogens (tertiary/aromatic N) is 1. The summed E-state index contributed by atoms with van der Waals surface area (Å²) in [5.74, 6) is 0.744. The molecule has 142 valence electrons. The van der Waals surface area contributed by atoms with Crippen LogP contribution in [0.5, 0.6) is 11.5 Å². The summed E-state index contributed by atoms with van der Waals surface area (Å²) in [5, 5.41) is 12.2. The van der Waals surface area contributed by atoms with E-state index in [1.54, 1.807) is 24.3 Å². The maximum Gasteiger partial charge on any atom is 0.266 e. The first-order chi connectivity index (χ1) is 14.2. The molecule has 3 aromatic carbocycles. The summed E-state index contributed by atoms with van der Waals surface area (Å²) < 4.78 is 11.0. The van der Waals surface area contributed by atoms with E-state index in [-0.39, 0.29) is 5.57 Å². The fourth-order valence-electron chi connectivity index (χ4n) is 3.04. The van der Waals surface area contributed by atoms with Crippen LogP contribution in [-0.2, 0) is 4.79 Å². The average Bonchev–Trinajstić information content (AvgIpc) is 2.78. The quantitative estimate of drug-likeness (QED) is 0.526. The maximum absolute atomic E-state index is 12.5. The Bertz CT molecular complexity index is 1100. The van der Waals surface area contributed by atoms with Gasteiger partial charge in [-0.1, -0.05) is 54.6 Å². The number of nitrogens with one attached hydrogen (secondary N) is 1. The van der Waals surface area contributed by atoms with Gasteiger partial charge in [-0.05, 0) is 34.9 Å². The molecule has 1 amide bonds. The molecule has 4 rings (SSSR count). The zero-order valence-corrected chi connectivity index (χ0v) is 15.6. The Morgan fingerprint density at radius 1 is 0.897 bits per heavy atom. The molecule has 3 aromatic rings. The highest BCUT2D eigenvalue weighted by atomic mass is 16.6. The van der Waals surface area contributed by atoms with E-state index < -0.39 is 5.91 Å². The number of ether oxygens (including phenoxy) is 2. The van der Waals surface area contributed by atoms with E-state index in [1.807, 2.05) is 60.7 Å². The van der Waals surface area contributed by atoms with E-state index in [9.17, 15) is 10.1 Å². The van der Waals surface area contributed by atoms with E-state index in [2.05, 4.69) is 5.32 Å². The second-order valence-corrected chi connectivity index (χ2v) is 6.47. The van der Waals surface area contributed by atoms with Crippen LogP contribution in [0.1, 0.15) is 5.56 Å². The van der Waals surface area contributed by atoms with Gasteiger partial charge < -0.3 is 14.8 Å². The normalized spacial score (nSPS) is 12.7. The summed E-state index contributed by atoms with van der Waals surface area (Å²) >= 11 is 0. The number of amides is 1. The molecule has 1 N–H and O–H groups in total. The lowest BCUT2D eigenvalue weighted by molar-refractivity contribution is -0.112. The number of carbonyl (C=O) groups is 1. The van der Waals surface area contributed by atoms with Crippen LogP contribution in [0.2, 0.25) is 0 Å². The van der Waals surface area contributed by atoms with Crippen LogP contribution in [0.3, 0.4) is 0 Å². The van der Waals surface area contributed by atoms with Crippen molar-refractivity contribution in [1.29, 1.82) is 5.26 Å². The molecule has 1 aliphatic heterocycles. The van der Waals surface area contributed by atoms with Crippen LogP contribution in [0, 0.1) is 11.3 Å². The predicted molar refractivity (Wildman–Crippen MR) is 112 cm³/mol. The molecule has 0 aromatic heterocycles. The Hall–Kier alpha value is -4.04. The van der Waals surface area contributed by atoms with Gasteiger partial charge in [-0.25, -0.2) is 0 Å². The summed E-state index contributed by atoms with van der Waals surface area (Å²) in [7, 11) is 0. The van der Waals surface area contributed by atoms with Gasteiger partial charge in [0.15, 0.2) is 11.5 Å². The number of carbonyl (C=O) groups excluding carboxylic acids is 1. The van der Waals surface area contributed by atoms with Crippen molar-refractivity contribution in [2.75, 3.05) is 18.5 Å². The third-order valence-corrected chi connectivity index (χ3v) is 4.49. The Morgan fingerprint density at radius 2 is 1.59 bits per heavy atom. The topological polar surface area (TPSA) is 71.4 Å². The number of rotatable bonds is 4. The molecule has 0 spiro atoms. The maximum atomic E-state index is 12.5. The molecule has 1 heterocycles. The molecule has 0 saturated carbocycles. The highest BCUT2D eigenvalue weighted by Crippen LogP contribution is 2.32. The standard InChI is InChI=1S/C24H18N2O3/c25-16-20(14-17-6-8-19(9-7-17)18-4-2-1-3-5-18)24(27)26-21-10-11-22-23(15-21)29-13-12-28-22/h1-11,14-15H,12-13H2,(H,26,27). The molecule has 0 unspecified atom stereocenters. The third-order valence-electron chi connectivity index (χ3n) is 4.49. The number of nitriles is 1. The van der Waals surface area contributed by atoms with Crippen LogP contribution in [-0.4, -0.2) is 19.1 Å². The highest BCUT2D eigenvalue weighted by Gasteiger charge is 2.14. The number of hydrogen-bond acceptors (Lipinski definition) is 4. The Kier molecular flexibility index (Phi) is 5.26. The minimum atomic E-state index is -0.476. The lowest BCUT2D eigenvalue weighted by Gasteiger charge is -2.18. The Morgan fingerprint density at radius 3 is 2.31 bits per heavy atom. The minimum Gasteiger partial charge on any atom is -0.486 e. The van der Waals surface area contributed by atoms with Crippen LogP contribution in [0.25, 0.3) is 17.2 Å². The van der Waals surface area contributed by atoms with Gasteiger partial charge in [-0.2, -0.15) is 5.26 Å². The van der Waals surface area contributed by atoms with E-state index in [0.29, 0.717) is 30.4 Å². The first kappa shape index (κ1) is 18.3. The molecule has 0 radical (unpaired) electrons. The monoisotopic (exact) mass is 382 g/mol. The number of anilines is 1. The van der Waals surface area contributed by atoms with Crippen molar-refractivity contribution in [3.05, 3.63) is 83.9 Å². The fraction of sp³-hybridized carbons (Fsp3) is 0.0833. The Balaban J connectivity index is 1.50. The van der Waals surface area contributed by atoms with Crippen molar-refractivity contribution < 1.29 is 14.3 Å². The SMILES string of the molecule is N#CC(=Cc1ccc(-c2ccccc2)cc1)C(=O)Nc1ccc2c(c1)OCCO2. The first-order valence-corrected chi connectivity index (χ1v) is 9.21. The van der Waals surface area contributed by atoms with Crippen molar-refractivity contribution in [1.82, 2.24) is 0 Å². The number of fused-ring (bicyclic) bond motifs is 1. The second-order valence-electron chi connectivity index (χ2n) is 6.47. The van der Waals surface area contributed by atoms with Crippen molar-refractivity contribution in [2.24, 2.45) is 0 Å². The van der Waals surface area contributed by atoms with Crippen LogP contribution >= 0.6 is 0 Å².